The van der Waals surface area contributed by atoms with Gasteiger partial charge in [0.25, 0.3) is 0 Å². The topological polar surface area (TPSA) is 0 Å². The molecule has 0 fully saturated rings. The van der Waals surface area contributed by atoms with Crippen LogP contribution in [0.5, 0.6) is 0 Å². The molecule has 3 aromatic carbocycles. The summed E-state index contributed by atoms with van der Waals surface area (Å²) in [6, 6.07) is 11.5. The van der Waals surface area contributed by atoms with Crippen molar-refractivity contribution in [2.75, 3.05) is 0 Å². The van der Waals surface area contributed by atoms with Crippen molar-refractivity contribution in [3.05, 3.63) is 106 Å². The maximum absolute atomic E-state index is 13.1. The number of benzene rings is 3. The molecule has 0 atom stereocenters. The Morgan fingerprint density at radius 2 is 1.11 bits per heavy atom. The minimum absolute atomic E-state index is 0.107. The Labute approximate surface area is 205 Å². The van der Waals surface area contributed by atoms with Crippen LogP contribution in [0.15, 0.2) is 54.6 Å². The lowest BCUT2D eigenvalue weighted by molar-refractivity contribution is 0.465. The van der Waals surface area contributed by atoms with Crippen LogP contribution in [0.1, 0.15) is 78.0 Å². The maximum atomic E-state index is 13.1. The summed E-state index contributed by atoms with van der Waals surface area (Å²) in [7, 11) is 0. The fourth-order valence-corrected chi connectivity index (χ4v) is 3.04. The van der Waals surface area contributed by atoms with E-state index in [4.69, 9.17) is 0 Å². The van der Waals surface area contributed by atoms with E-state index in [0.29, 0.717) is 16.7 Å². The van der Waals surface area contributed by atoms with Gasteiger partial charge in [-0.05, 0) is 57.7 Å². The van der Waals surface area contributed by atoms with Crippen LogP contribution in [-0.4, -0.2) is 0 Å². The van der Waals surface area contributed by atoms with Crippen LogP contribution in [0.3, 0.4) is 0 Å². The highest BCUT2D eigenvalue weighted by Crippen LogP contribution is 2.26. The van der Waals surface area contributed by atoms with Crippen molar-refractivity contribution in [1.82, 2.24) is 0 Å². The molecule has 0 unspecified atom stereocenters. The molecule has 0 aliphatic rings. The van der Waals surface area contributed by atoms with Crippen molar-refractivity contribution >= 4 is 0 Å². The van der Waals surface area contributed by atoms with Gasteiger partial charge in [-0.1, -0.05) is 73.6 Å². The number of hydrogen-bond donors (Lipinski definition) is 0. The lowest BCUT2D eigenvalue weighted by Crippen LogP contribution is -2.14. The first-order valence-electron chi connectivity index (χ1n) is 11.3. The molecule has 3 rings (SSSR count). The van der Waals surface area contributed by atoms with Crippen LogP contribution >= 0.6 is 0 Å². The molecule has 0 aliphatic carbocycles. The normalized spacial score (nSPS) is 11.4. The lowest BCUT2D eigenvalue weighted by Gasteiger charge is -2.19. The second-order valence-corrected chi connectivity index (χ2v) is 10.6. The lowest BCUT2D eigenvalue weighted by atomic mass is 9.87. The zero-order chi connectivity index (χ0) is 27.1. The fourth-order valence-electron chi connectivity index (χ4n) is 3.04. The highest BCUT2D eigenvalue weighted by Gasteiger charge is 2.20. The van der Waals surface area contributed by atoms with Crippen molar-refractivity contribution in [3.63, 3.8) is 0 Å². The average Bonchev–Trinajstić information content (AvgIpc) is 2.68. The Kier molecular flexibility index (Phi) is 10.6. The second-order valence-electron chi connectivity index (χ2n) is 10.6. The van der Waals surface area contributed by atoms with Gasteiger partial charge in [-0.15, -0.1) is 0 Å². The molecule has 0 saturated carbocycles. The number of hydrogen-bond acceptors (Lipinski definition) is 0. The summed E-state index contributed by atoms with van der Waals surface area (Å²) in [4.78, 5) is 0. The van der Waals surface area contributed by atoms with Crippen molar-refractivity contribution in [1.29, 1.82) is 0 Å². The molecule has 0 spiro atoms. The number of rotatable bonds is 1. The molecule has 0 radical (unpaired) electrons. The van der Waals surface area contributed by atoms with Gasteiger partial charge in [0.1, 0.15) is 23.3 Å². The van der Waals surface area contributed by atoms with Crippen molar-refractivity contribution in [3.8, 4) is 0 Å². The molecule has 0 aliphatic heterocycles. The molecule has 0 aromatic heterocycles. The third-order valence-electron chi connectivity index (χ3n) is 5.07. The van der Waals surface area contributed by atoms with Crippen LogP contribution in [0.2, 0.25) is 0 Å². The third kappa shape index (κ3) is 9.79. The Bertz CT molecular complexity index is 1080. The summed E-state index contributed by atoms with van der Waals surface area (Å²) in [5.41, 5.74) is 1.11. The van der Waals surface area contributed by atoms with Gasteiger partial charge in [0.2, 0.25) is 0 Å². The van der Waals surface area contributed by atoms with E-state index in [9.17, 15) is 26.3 Å². The molecule has 0 saturated heterocycles. The van der Waals surface area contributed by atoms with E-state index in [1.165, 1.54) is 30.3 Å². The molecule has 3 aromatic rings. The molecule has 0 nitrogen and oxygen atoms in total. The molecule has 0 N–H and O–H groups in total. The summed E-state index contributed by atoms with van der Waals surface area (Å²) >= 11 is 0. The first-order chi connectivity index (χ1) is 15.9. The van der Waals surface area contributed by atoms with Crippen LogP contribution < -0.4 is 0 Å². The Morgan fingerprint density at radius 1 is 0.571 bits per heavy atom. The summed E-state index contributed by atoms with van der Waals surface area (Å²) in [6.07, 6.45) is 0. The Hall–Kier alpha value is -2.76. The van der Waals surface area contributed by atoms with E-state index in [0.717, 1.165) is 18.2 Å². The van der Waals surface area contributed by atoms with Crippen molar-refractivity contribution < 1.29 is 26.3 Å². The van der Waals surface area contributed by atoms with Gasteiger partial charge in [-0.3, -0.25) is 0 Å². The van der Waals surface area contributed by atoms with Gasteiger partial charge in [-0.2, -0.15) is 0 Å². The van der Waals surface area contributed by atoms with E-state index < -0.39 is 34.9 Å². The van der Waals surface area contributed by atoms with Crippen LogP contribution in [0.4, 0.5) is 26.3 Å². The number of halogens is 6. The molecule has 0 heterocycles. The summed E-state index contributed by atoms with van der Waals surface area (Å²) in [5.74, 6) is -3.41. The average molecular weight is 497 g/mol. The molecule has 0 amide bonds. The quantitative estimate of drug-likeness (QED) is 0.294. The maximum Gasteiger partial charge on any atom is 0.162 e. The Balaban J connectivity index is 0.000000263. The standard InChI is InChI=1S/2C10H12F2.C9H10F2/c1-10(2,3)7-4-8(11)6-9(12)5-7;1-10(2,3)7-5-4-6-8(11)9(7)12;1-6(2)8-4-3-7(10)5-9(8)11/h2*4-6H,1-3H3;3-6H,1-2H3. The van der Waals surface area contributed by atoms with Crippen molar-refractivity contribution in [2.45, 2.75) is 72.1 Å². The van der Waals surface area contributed by atoms with Gasteiger partial charge in [0.15, 0.2) is 11.6 Å². The van der Waals surface area contributed by atoms with E-state index in [2.05, 4.69) is 0 Å². The summed E-state index contributed by atoms with van der Waals surface area (Å²) in [6.45, 7) is 15.1. The first kappa shape index (κ1) is 30.3. The highest BCUT2D eigenvalue weighted by molar-refractivity contribution is 5.26. The monoisotopic (exact) mass is 496 g/mol. The van der Waals surface area contributed by atoms with Crippen LogP contribution in [0.25, 0.3) is 0 Å². The molecule has 6 heteroatoms. The Morgan fingerprint density at radius 3 is 1.51 bits per heavy atom. The summed E-state index contributed by atoms with van der Waals surface area (Å²) < 4.78 is 76.5. The molecule has 35 heavy (non-hydrogen) atoms. The van der Waals surface area contributed by atoms with Crippen LogP contribution in [-0.2, 0) is 10.8 Å². The SMILES string of the molecule is CC(C)(C)c1cc(F)cc(F)c1.CC(C)(C)c1cccc(F)c1F.CC(C)c1ccc(F)cc1F. The van der Waals surface area contributed by atoms with Crippen LogP contribution in [0, 0.1) is 34.9 Å². The molecule has 0 bridgehead atoms. The predicted octanol–water partition coefficient (Wildman–Crippen LogP) is 9.61. The van der Waals surface area contributed by atoms with Crippen molar-refractivity contribution in [2.24, 2.45) is 0 Å². The molecule has 192 valence electrons. The van der Waals surface area contributed by atoms with Gasteiger partial charge in [-0.25, -0.2) is 26.3 Å². The van der Waals surface area contributed by atoms with Gasteiger partial charge in [0.05, 0.1) is 0 Å². The second kappa shape index (κ2) is 12.3. The zero-order valence-electron chi connectivity index (χ0n) is 21.5. The molecular formula is C29H34F6. The third-order valence-corrected chi connectivity index (χ3v) is 5.07. The van der Waals surface area contributed by atoms with E-state index in [1.54, 1.807) is 6.07 Å². The zero-order valence-corrected chi connectivity index (χ0v) is 21.5. The van der Waals surface area contributed by atoms with Gasteiger partial charge < -0.3 is 0 Å². The molecular weight excluding hydrogens is 462 g/mol. The predicted molar refractivity (Wildman–Crippen MR) is 131 cm³/mol. The largest absolute Gasteiger partial charge is 0.207 e. The first-order valence-corrected chi connectivity index (χ1v) is 11.3. The summed E-state index contributed by atoms with van der Waals surface area (Å²) in [5, 5.41) is 0. The van der Waals surface area contributed by atoms with Gasteiger partial charge in [0, 0.05) is 12.1 Å². The fraction of sp³-hybridized carbons (Fsp3) is 0.379. The minimum Gasteiger partial charge on any atom is -0.207 e. The van der Waals surface area contributed by atoms with Gasteiger partial charge >= 0.3 is 0 Å². The van der Waals surface area contributed by atoms with E-state index in [1.807, 2.05) is 55.4 Å². The smallest absolute Gasteiger partial charge is 0.162 e. The highest BCUT2D eigenvalue weighted by atomic mass is 19.2. The minimum atomic E-state index is -0.776. The van der Waals surface area contributed by atoms with E-state index >= 15 is 0 Å². The van der Waals surface area contributed by atoms with E-state index in [-0.39, 0.29) is 16.7 Å².